The molecule has 0 aliphatic heterocycles. The first-order valence-electron chi connectivity index (χ1n) is 6.99. The molecule has 2 rings (SSSR count). The molecule has 0 heterocycles. The number of nitrogens with zero attached hydrogens (tertiary/aromatic N) is 1. The van der Waals surface area contributed by atoms with Crippen molar-refractivity contribution in [3.05, 3.63) is 35.4 Å². The molecular formula is C15H23N3O. The molecule has 1 aliphatic carbocycles. The molecule has 1 unspecified atom stereocenters. The Bertz CT molecular complexity index is 426. The first-order valence-corrected chi connectivity index (χ1v) is 6.99. The zero-order valence-corrected chi connectivity index (χ0v) is 11.7. The second-order valence-corrected chi connectivity index (χ2v) is 5.27. The number of carbonyl (C=O) groups is 1. The molecule has 0 bridgehead atoms. The van der Waals surface area contributed by atoms with Crippen molar-refractivity contribution in [1.82, 2.24) is 10.3 Å². The van der Waals surface area contributed by atoms with E-state index in [1.165, 1.54) is 18.4 Å². The Morgan fingerprint density at radius 3 is 2.53 bits per heavy atom. The van der Waals surface area contributed by atoms with Gasteiger partial charge in [-0.1, -0.05) is 31.2 Å². The van der Waals surface area contributed by atoms with Crippen LogP contribution in [-0.4, -0.2) is 23.4 Å². The first kappa shape index (κ1) is 14.0. The van der Waals surface area contributed by atoms with E-state index in [0.717, 1.165) is 24.7 Å². The van der Waals surface area contributed by atoms with Crippen molar-refractivity contribution in [1.29, 1.82) is 0 Å². The van der Waals surface area contributed by atoms with Crippen molar-refractivity contribution >= 4 is 5.91 Å². The van der Waals surface area contributed by atoms with Crippen molar-refractivity contribution in [3.63, 3.8) is 0 Å². The average molecular weight is 261 g/mol. The van der Waals surface area contributed by atoms with Crippen LogP contribution in [0.4, 0.5) is 0 Å². The SMILES string of the molecule is CCN(Cc1ccc(C(C)C(=O)NN)cc1)C1CC1. The number of benzene rings is 1. The maximum absolute atomic E-state index is 11.5. The Kier molecular flexibility index (Phi) is 4.56. The van der Waals surface area contributed by atoms with Gasteiger partial charge in [0.2, 0.25) is 5.91 Å². The summed E-state index contributed by atoms with van der Waals surface area (Å²) in [6, 6.07) is 9.06. The lowest BCUT2D eigenvalue weighted by Crippen LogP contribution is -2.33. The van der Waals surface area contributed by atoms with Crippen LogP contribution in [-0.2, 0) is 11.3 Å². The molecule has 0 saturated heterocycles. The van der Waals surface area contributed by atoms with Crippen molar-refractivity contribution in [2.45, 2.75) is 45.2 Å². The summed E-state index contributed by atoms with van der Waals surface area (Å²) < 4.78 is 0. The van der Waals surface area contributed by atoms with Crippen LogP contribution in [0.25, 0.3) is 0 Å². The molecule has 19 heavy (non-hydrogen) atoms. The average Bonchev–Trinajstić information content (AvgIpc) is 3.28. The lowest BCUT2D eigenvalue weighted by molar-refractivity contribution is -0.122. The van der Waals surface area contributed by atoms with Crippen LogP contribution >= 0.6 is 0 Å². The van der Waals surface area contributed by atoms with Crippen molar-refractivity contribution < 1.29 is 4.79 Å². The van der Waals surface area contributed by atoms with E-state index in [9.17, 15) is 4.79 Å². The zero-order valence-electron chi connectivity index (χ0n) is 11.7. The van der Waals surface area contributed by atoms with Gasteiger partial charge in [0.05, 0.1) is 5.92 Å². The summed E-state index contributed by atoms with van der Waals surface area (Å²) in [5, 5.41) is 0. The Balaban J connectivity index is 1.99. The number of hydrogen-bond acceptors (Lipinski definition) is 3. The van der Waals surface area contributed by atoms with Crippen molar-refractivity contribution in [2.75, 3.05) is 6.54 Å². The predicted octanol–water partition coefficient (Wildman–Crippen LogP) is 1.76. The van der Waals surface area contributed by atoms with E-state index in [1.54, 1.807) is 0 Å². The van der Waals surface area contributed by atoms with E-state index >= 15 is 0 Å². The van der Waals surface area contributed by atoms with Crippen LogP contribution in [0, 0.1) is 0 Å². The Labute approximate surface area is 114 Å². The van der Waals surface area contributed by atoms with E-state index in [-0.39, 0.29) is 11.8 Å². The zero-order chi connectivity index (χ0) is 13.8. The van der Waals surface area contributed by atoms with Crippen LogP contribution in [0.15, 0.2) is 24.3 Å². The van der Waals surface area contributed by atoms with Gasteiger partial charge in [0.15, 0.2) is 0 Å². The number of carbonyl (C=O) groups excluding carboxylic acids is 1. The fourth-order valence-electron chi connectivity index (χ4n) is 2.36. The molecule has 4 nitrogen and oxygen atoms in total. The van der Waals surface area contributed by atoms with Gasteiger partial charge in [-0.3, -0.25) is 15.1 Å². The van der Waals surface area contributed by atoms with Gasteiger partial charge < -0.3 is 0 Å². The van der Waals surface area contributed by atoms with Crippen molar-refractivity contribution in [2.24, 2.45) is 5.84 Å². The molecule has 1 aliphatic rings. The number of nitrogens with one attached hydrogen (secondary N) is 1. The highest BCUT2D eigenvalue weighted by Gasteiger charge is 2.27. The Morgan fingerprint density at radius 1 is 1.42 bits per heavy atom. The molecule has 0 radical (unpaired) electrons. The van der Waals surface area contributed by atoms with Gasteiger partial charge >= 0.3 is 0 Å². The fraction of sp³-hybridized carbons (Fsp3) is 0.533. The first-order chi connectivity index (χ1) is 9.15. The molecule has 1 fully saturated rings. The molecule has 3 N–H and O–H groups in total. The molecule has 4 heteroatoms. The molecule has 1 amide bonds. The third-order valence-corrected chi connectivity index (χ3v) is 3.87. The largest absolute Gasteiger partial charge is 0.296 e. The highest BCUT2D eigenvalue weighted by Crippen LogP contribution is 2.28. The molecule has 1 aromatic rings. The van der Waals surface area contributed by atoms with E-state index in [2.05, 4.69) is 29.4 Å². The summed E-state index contributed by atoms with van der Waals surface area (Å²) in [6.45, 7) is 6.16. The van der Waals surface area contributed by atoms with Crippen LogP contribution in [0.5, 0.6) is 0 Å². The lowest BCUT2D eigenvalue weighted by atomic mass is 9.99. The molecule has 0 spiro atoms. The normalized spacial score (nSPS) is 16.4. The maximum Gasteiger partial charge on any atom is 0.241 e. The number of hydrazine groups is 1. The summed E-state index contributed by atoms with van der Waals surface area (Å²) in [6.07, 6.45) is 2.67. The van der Waals surface area contributed by atoms with Crippen LogP contribution in [0.2, 0.25) is 0 Å². The topological polar surface area (TPSA) is 58.4 Å². The Morgan fingerprint density at radius 2 is 2.05 bits per heavy atom. The van der Waals surface area contributed by atoms with Gasteiger partial charge in [0.25, 0.3) is 0 Å². The molecule has 104 valence electrons. The number of nitrogens with two attached hydrogens (primary N) is 1. The minimum Gasteiger partial charge on any atom is -0.296 e. The maximum atomic E-state index is 11.5. The summed E-state index contributed by atoms with van der Waals surface area (Å²) in [5.41, 5.74) is 4.50. The minimum absolute atomic E-state index is 0.152. The van der Waals surface area contributed by atoms with Gasteiger partial charge in [-0.2, -0.15) is 0 Å². The highest BCUT2D eigenvalue weighted by atomic mass is 16.2. The summed E-state index contributed by atoms with van der Waals surface area (Å²) in [7, 11) is 0. The Hall–Kier alpha value is -1.39. The highest BCUT2D eigenvalue weighted by molar-refractivity contribution is 5.82. The molecular weight excluding hydrogens is 238 g/mol. The van der Waals surface area contributed by atoms with Crippen LogP contribution in [0.1, 0.15) is 43.7 Å². The predicted molar refractivity (Wildman–Crippen MR) is 76.3 cm³/mol. The van der Waals surface area contributed by atoms with Gasteiger partial charge in [0.1, 0.15) is 0 Å². The van der Waals surface area contributed by atoms with Crippen LogP contribution < -0.4 is 11.3 Å². The minimum atomic E-state index is -0.204. The van der Waals surface area contributed by atoms with Gasteiger partial charge in [-0.15, -0.1) is 0 Å². The van der Waals surface area contributed by atoms with Gasteiger partial charge in [-0.25, -0.2) is 5.84 Å². The molecule has 1 aromatic carbocycles. The van der Waals surface area contributed by atoms with Crippen LogP contribution in [0.3, 0.4) is 0 Å². The standard InChI is InChI=1S/C15H23N3O/c1-3-18(14-8-9-14)10-12-4-6-13(7-5-12)11(2)15(19)17-16/h4-7,11,14H,3,8-10,16H2,1-2H3,(H,17,19). The van der Waals surface area contributed by atoms with Gasteiger partial charge in [-0.05, 0) is 37.4 Å². The number of hydrogen-bond donors (Lipinski definition) is 2. The van der Waals surface area contributed by atoms with Gasteiger partial charge in [0, 0.05) is 12.6 Å². The van der Waals surface area contributed by atoms with E-state index < -0.39 is 0 Å². The summed E-state index contributed by atoms with van der Waals surface area (Å²) in [4.78, 5) is 14.0. The van der Waals surface area contributed by atoms with Crippen molar-refractivity contribution in [3.8, 4) is 0 Å². The summed E-state index contributed by atoms with van der Waals surface area (Å²) in [5.74, 6) is 4.80. The van der Waals surface area contributed by atoms with E-state index in [1.807, 2.05) is 19.1 Å². The second kappa shape index (κ2) is 6.17. The quantitative estimate of drug-likeness (QED) is 0.466. The number of rotatable bonds is 6. The second-order valence-electron chi connectivity index (χ2n) is 5.27. The number of amides is 1. The molecule has 0 aromatic heterocycles. The monoisotopic (exact) mass is 261 g/mol. The third-order valence-electron chi connectivity index (χ3n) is 3.87. The fourth-order valence-corrected chi connectivity index (χ4v) is 2.36. The summed E-state index contributed by atoms with van der Waals surface area (Å²) >= 11 is 0. The van der Waals surface area contributed by atoms with E-state index in [4.69, 9.17) is 5.84 Å². The smallest absolute Gasteiger partial charge is 0.241 e. The molecule has 1 atom stereocenters. The third kappa shape index (κ3) is 3.55. The van der Waals surface area contributed by atoms with E-state index in [0.29, 0.717) is 0 Å². The molecule has 1 saturated carbocycles. The lowest BCUT2D eigenvalue weighted by Gasteiger charge is -2.20.